The molecule has 0 amide bonds. The lowest BCUT2D eigenvalue weighted by atomic mass is 10.1. The second-order valence-corrected chi connectivity index (χ2v) is 4.73. The largest absolute Gasteiger partial charge is 0.496 e. The van der Waals surface area contributed by atoms with Crippen LogP contribution in [0.25, 0.3) is 0 Å². The van der Waals surface area contributed by atoms with Crippen LogP contribution in [0.15, 0.2) is 48.5 Å². The van der Waals surface area contributed by atoms with Crippen molar-refractivity contribution < 1.29 is 4.74 Å². The van der Waals surface area contributed by atoms with Crippen LogP contribution in [0.3, 0.4) is 0 Å². The maximum Gasteiger partial charge on any atom is 0.123 e. The maximum absolute atomic E-state index is 5.69. The Morgan fingerprint density at radius 1 is 1.00 bits per heavy atom. The summed E-state index contributed by atoms with van der Waals surface area (Å²) in [5.41, 5.74) is 8.94. The van der Waals surface area contributed by atoms with E-state index in [0.29, 0.717) is 0 Å². The third kappa shape index (κ3) is 3.73. The molecule has 2 rings (SSSR count). The van der Waals surface area contributed by atoms with Gasteiger partial charge < -0.3 is 10.5 Å². The maximum atomic E-state index is 5.69. The van der Waals surface area contributed by atoms with Crippen molar-refractivity contribution in [3.63, 3.8) is 0 Å². The molecule has 2 aromatic carbocycles. The molecule has 0 saturated carbocycles. The van der Waals surface area contributed by atoms with Gasteiger partial charge in [-0.2, -0.15) is 0 Å². The number of nitrogens with zero attached hydrogens (tertiary/aromatic N) is 1. The van der Waals surface area contributed by atoms with E-state index in [2.05, 4.69) is 30.1 Å². The number of nitrogens with two attached hydrogens (primary N) is 1. The number of hydrogen-bond acceptors (Lipinski definition) is 3. The number of anilines is 1. The Balaban J connectivity index is 2.01. The summed E-state index contributed by atoms with van der Waals surface area (Å²) in [5.74, 6) is 0.937. The normalized spacial score (nSPS) is 10.7. The molecule has 0 aliphatic heterocycles. The van der Waals surface area contributed by atoms with E-state index in [1.165, 1.54) is 11.1 Å². The molecular weight excluding hydrogens is 236 g/mol. The van der Waals surface area contributed by atoms with Crippen molar-refractivity contribution >= 4 is 5.69 Å². The number of methoxy groups -OCH3 is 1. The lowest BCUT2D eigenvalue weighted by Crippen LogP contribution is -2.17. The molecule has 0 aliphatic rings. The predicted molar refractivity (Wildman–Crippen MR) is 79.0 cm³/mol. The van der Waals surface area contributed by atoms with Crippen molar-refractivity contribution in [2.24, 2.45) is 0 Å². The first-order valence-electron chi connectivity index (χ1n) is 6.34. The highest BCUT2D eigenvalue weighted by Crippen LogP contribution is 2.19. The zero-order valence-corrected chi connectivity index (χ0v) is 11.5. The summed E-state index contributed by atoms with van der Waals surface area (Å²) >= 11 is 0. The lowest BCUT2D eigenvalue weighted by molar-refractivity contribution is 0.310. The van der Waals surface area contributed by atoms with Gasteiger partial charge in [0.1, 0.15) is 5.75 Å². The number of para-hydroxylation sites is 1. The molecule has 2 aromatic rings. The number of rotatable bonds is 5. The molecular formula is C16H20N2O. The van der Waals surface area contributed by atoms with Gasteiger partial charge in [-0.3, -0.25) is 4.90 Å². The van der Waals surface area contributed by atoms with Crippen LogP contribution in [0.4, 0.5) is 5.69 Å². The van der Waals surface area contributed by atoms with Crippen molar-refractivity contribution in [3.05, 3.63) is 59.7 Å². The Bertz CT molecular complexity index is 523. The van der Waals surface area contributed by atoms with Crippen molar-refractivity contribution in [3.8, 4) is 5.75 Å². The summed E-state index contributed by atoms with van der Waals surface area (Å²) in [6.45, 7) is 1.74. The molecule has 0 heterocycles. The summed E-state index contributed by atoms with van der Waals surface area (Å²) in [5, 5.41) is 0. The topological polar surface area (TPSA) is 38.5 Å². The van der Waals surface area contributed by atoms with Crippen LogP contribution in [0.2, 0.25) is 0 Å². The average molecular weight is 256 g/mol. The van der Waals surface area contributed by atoms with E-state index in [4.69, 9.17) is 10.5 Å². The molecule has 3 heteroatoms. The van der Waals surface area contributed by atoms with Crippen LogP contribution >= 0.6 is 0 Å². The fourth-order valence-electron chi connectivity index (χ4n) is 2.12. The van der Waals surface area contributed by atoms with Crippen molar-refractivity contribution in [2.45, 2.75) is 13.1 Å². The summed E-state index contributed by atoms with van der Waals surface area (Å²) in [7, 11) is 3.81. The number of ether oxygens (including phenoxy) is 1. The Morgan fingerprint density at radius 3 is 2.37 bits per heavy atom. The standard InChI is InChI=1S/C16H20N2O/c1-18(11-13-7-9-15(17)10-8-13)12-14-5-3-4-6-16(14)19-2/h3-10H,11-12,17H2,1-2H3. The minimum atomic E-state index is 0.802. The second kappa shape index (κ2) is 6.25. The van der Waals surface area contributed by atoms with E-state index in [0.717, 1.165) is 24.5 Å². The Labute approximate surface area is 114 Å². The van der Waals surface area contributed by atoms with E-state index in [1.807, 2.05) is 30.3 Å². The first-order valence-corrected chi connectivity index (χ1v) is 6.34. The van der Waals surface area contributed by atoms with Gasteiger partial charge in [0, 0.05) is 24.3 Å². The summed E-state index contributed by atoms with van der Waals surface area (Å²) in [4.78, 5) is 2.25. The van der Waals surface area contributed by atoms with Gasteiger partial charge in [-0.05, 0) is 30.8 Å². The number of nitrogen functional groups attached to an aromatic ring is 1. The SMILES string of the molecule is COc1ccccc1CN(C)Cc1ccc(N)cc1. The predicted octanol–water partition coefficient (Wildman–Crippen LogP) is 2.91. The lowest BCUT2D eigenvalue weighted by Gasteiger charge is -2.18. The molecule has 100 valence electrons. The molecule has 0 aliphatic carbocycles. The monoisotopic (exact) mass is 256 g/mol. The molecule has 0 fully saturated rings. The van der Waals surface area contributed by atoms with Gasteiger partial charge in [0.15, 0.2) is 0 Å². The van der Waals surface area contributed by atoms with Crippen molar-refractivity contribution in [1.82, 2.24) is 4.90 Å². The average Bonchev–Trinajstić information content (AvgIpc) is 2.42. The minimum Gasteiger partial charge on any atom is -0.496 e. The van der Waals surface area contributed by atoms with Gasteiger partial charge in [-0.15, -0.1) is 0 Å². The van der Waals surface area contributed by atoms with Crippen LogP contribution in [-0.2, 0) is 13.1 Å². The molecule has 0 bridgehead atoms. The smallest absolute Gasteiger partial charge is 0.123 e. The first kappa shape index (κ1) is 13.4. The number of hydrogen-bond donors (Lipinski definition) is 1. The zero-order valence-electron chi connectivity index (χ0n) is 11.5. The Kier molecular flexibility index (Phi) is 4.42. The van der Waals surface area contributed by atoms with Crippen LogP contribution < -0.4 is 10.5 Å². The molecule has 0 atom stereocenters. The molecule has 0 spiro atoms. The highest BCUT2D eigenvalue weighted by Gasteiger charge is 2.06. The van der Waals surface area contributed by atoms with Gasteiger partial charge in [0.25, 0.3) is 0 Å². The van der Waals surface area contributed by atoms with Crippen LogP contribution in [0.1, 0.15) is 11.1 Å². The molecule has 2 N–H and O–H groups in total. The third-order valence-corrected chi connectivity index (χ3v) is 3.06. The Hall–Kier alpha value is -2.00. The first-order chi connectivity index (χ1) is 9.19. The van der Waals surface area contributed by atoms with Crippen LogP contribution in [0.5, 0.6) is 5.75 Å². The molecule has 19 heavy (non-hydrogen) atoms. The van der Waals surface area contributed by atoms with E-state index in [-0.39, 0.29) is 0 Å². The number of benzene rings is 2. The summed E-state index contributed by atoms with van der Waals surface area (Å²) in [6, 6.07) is 16.1. The third-order valence-electron chi connectivity index (χ3n) is 3.06. The molecule has 0 aromatic heterocycles. The molecule has 0 saturated heterocycles. The molecule has 3 nitrogen and oxygen atoms in total. The van der Waals surface area contributed by atoms with Crippen molar-refractivity contribution in [1.29, 1.82) is 0 Å². The zero-order chi connectivity index (χ0) is 13.7. The van der Waals surface area contributed by atoms with Crippen molar-refractivity contribution in [2.75, 3.05) is 19.9 Å². The fourth-order valence-corrected chi connectivity index (χ4v) is 2.12. The van der Waals surface area contributed by atoms with E-state index >= 15 is 0 Å². The fraction of sp³-hybridized carbons (Fsp3) is 0.250. The second-order valence-electron chi connectivity index (χ2n) is 4.73. The van der Waals surface area contributed by atoms with Crippen LogP contribution in [0, 0.1) is 0 Å². The molecule has 0 unspecified atom stereocenters. The highest BCUT2D eigenvalue weighted by atomic mass is 16.5. The van der Waals surface area contributed by atoms with E-state index < -0.39 is 0 Å². The van der Waals surface area contributed by atoms with Gasteiger partial charge in [0.05, 0.1) is 7.11 Å². The van der Waals surface area contributed by atoms with Gasteiger partial charge in [-0.1, -0.05) is 30.3 Å². The van der Waals surface area contributed by atoms with E-state index in [9.17, 15) is 0 Å². The summed E-state index contributed by atoms with van der Waals surface area (Å²) < 4.78 is 5.37. The Morgan fingerprint density at radius 2 is 1.68 bits per heavy atom. The van der Waals surface area contributed by atoms with Crippen LogP contribution in [-0.4, -0.2) is 19.1 Å². The van der Waals surface area contributed by atoms with Gasteiger partial charge >= 0.3 is 0 Å². The van der Waals surface area contributed by atoms with Gasteiger partial charge in [-0.25, -0.2) is 0 Å². The minimum absolute atomic E-state index is 0.802. The highest BCUT2D eigenvalue weighted by molar-refractivity contribution is 5.39. The molecule has 0 radical (unpaired) electrons. The van der Waals surface area contributed by atoms with E-state index in [1.54, 1.807) is 7.11 Å². The quantitative estimate of drug-likeness (QED) is 0.836. The van der Waals surface area contributed by atoms with Gasteiger partial charge in [0.2, 0.25) is 0 Å². The summed E-state index contributed by atoms with van der Waals surface area (Å²) in [6.07, 6.45) is 0.